The summed E-state index contributed by atoms with van der Waals surface area (Å²) in [7, 11) is 0. The van der Waals surface area contributed by atoms with Gasteiger partial charge in [0, 0.05) is 31.9 Å². The molecule has 3 saturated heterocycles. The fourth-order valence-electron chi connectivity index (χ4n) is 12.2. The fourth-order valence-corrected chi connectivity index (χ4v) is 12.2. The first-order valence-electron chi connectivity index (χ1n) is 34.4. The van der Waals surface area contributed by atoms with Crippen molar-refractivity contribution in [3.63, 3.8) is 0 Å². The maximum Gasteiger partial charge on any atom is 0.338 e. The van der Waals surface area contributed by atoms with Gasteiger partial charge in [0.2, 0.25) is 70.9 Å². The zero-order chi connectivity index (χ0) is 76.0. The van der Waals surface area contributed by atoms with Gasteiger partial charge in [-0.2, -0.15) is 0 Å². The Labute approximate surface area is 594 Å². The molecule has 12 amide bonds. The number of likely N-dealkylation sites (tertiary alicyclic amines) is 2. The van der Waals surface area contributed by atoms with Crippen LogP contribution in [0.4, 0.5) is 0 Å². The molecule has 566 valence electrons. The number of carbonyl (C=O) groups is 14. The van der Waals surface area contributed by atoms with Crippen molar-refractivity contribution in [3.8, 4) is 11.5 Å². The monoisotopic (exact) mass is 1450 g/mol. The van der Waals surface area contributed by atoms with E-state index in [-0.39, 0.29) is 151 Å². The van der Waals surface area contributed by atoms with Crippen LogP contribution < -0.4 is 102 Å². The highest BCUT2D eigenvalue weighted by atomic mass is 16.4. The zero-order valence-corrected chi connectivity index (χ0v) is 57.9. The molecule has 11 atom stereocenters. The number of aromatic hydroxyl groups is 2. The molecule has 5 rings (SSSR count). The van der Waals surface area contributed by atoms with Gasteiger partial charge in [0.1, 0.15) is 71.9 Å². The van der Waals surface area contributed by atoms with E-state index in [2.05, 4.69) is 63.6 Å². The SMILES string of the molecule is CC(C)C[C@H](NC(=O)[C@@H]1CCC(=O)N1)C(=O)N[C@@H](Cc1ccc(O)cc1)C(=O)N[C@@H](CCC(=O)[O-])C(=O)N[C@@H](CC(N)=O)C(=O)N[C@@H](CCCC[NH3+])C(=O)N1CCC[C@H]1C(=O)N[C@@H](CCC[NH+]=C(N)N)C(=O)N[C@@H](CCC[NH+]=C(N)N)C(=O)N1CCC[C@H]1C(=O)N[C@@H](Cc1ccc(O)cc1)C(=O)[O-]. The summed E-state index contributed by atoms with van der Waals surface area (Å²) >= 11 is 0. The highest BCUT2D eigenvalue weighted by Gasteiger charge is 2.43. The van der Waals surface area contributed by atoms with Gasteiger partial charge in [-0.05, 0) is 144 Å². The van der Waals surface area contributed by atoms with Crippen LogP contribution in [0.3, 0.4) is 0 Å². The third-order valence-electron chi connectivity index (χ3n) is 17.5. The second kappa shape index (κ2) is 41.1. The molecule has 3 aliphatic heterocycles. The normalized spacial score (nSPS) is 17.8. The minimum absolute atomic E-state index is 0.0305. The first-order chi connectivity index (χ1) is 48.8. The number of carboxylic acids is 2. The number of rotatable bonds is 42. The molecule has 3 aliphatic rings. The van der Waals surface area contributed by atoms with Gasteiger partial charge in [-0.15, -0.1) is 0 Å². The first kappa shape index (κ1) is 82.8. The summed E-state index contributed by atoms with van der Waals surface area (Å²) in [5, 5.41) is 67.0. The van der Waals surface area contributed by atoms with Gasteiger partial charge in [0.15, 0.2) is 0 Å². The van der Waals surface area contributed by atoms with Crippen LogP contribution in [0, 0.1) is 5.92 Å². The Kier molecular flexibility index (Phi) is 33.1. The summed E-state index contributed by atoms with van der Waals surface area (Å²) in [5.41, 5.74) is 32.8. The molecular weight excluding hydrogens is 1350 g/mol. The number of benzene rings is 2. The Bertz CT molecular complexity index is 3390. The zero-order valence-electron chi connectivity index (χ0n) is 57.9. The standard InChI is InChI=1S/C66H99N19O18/c1-35(2)31-45(80-55(93)41-22-24-52(89)75-41)57(95)81-46(32-36-14-18-38(86)19-15-36)58(96)76-42(23-25-53(90)91)56(94)82-47(34-51(68)88)59(97)79-43(9-3-4-26-67)62(100)84-29-7-12-49(84)60(98)77-40(10-5-27-73-65(69)70)54(92)78-44(11-6-28-74-66(71)72)63(101)85-30-8-13-50(85)61(99)83-48(64(102)103)33-37-16-20-39(87)21-17-37/h14-21,35,40-50,86-87H,3-13,22-34,67H2,1-2H3,(H2,68,88)(H,75,89)(H,76,96)(H,77,98)(H,78,92)(H,79,97)(H,80,93)(H,81,95)(H,82,94)(H,83,99)(H,90,91)(H,102,103)(H4,69,70,73)(H4,71,72,74)/p+1/t40-,41-,42-,43-,44-,45-,46-,47-,48-,49-,50-/m0/s1. The van der Waals surface area contributed by atoms with Gasteiger partial charge < -0.3 is 99.1 Å². The summed E-state index contributed by atoms with van der Waals surface area (Å²) in [6.07, 6.45) is -1.23. The molecule has 0 spiro atoms. The number of nitrogens with two attached hydrogens (primary N) is 5. The number of quaternary nitrogens is 1. The number of amides is 12. The second-order valence-corrected chi connectivity index (χ2v) is 26.2. The number of primary amides is 1. The van der Waals surface area contributed by atoms with Crippen molar-refractivity contribution in [2.24, 2.45) is 34.6 Å². The molecule has 2 aromatic rings. The number of nitrogens with zero attached hydrogens (tertiary/aromatic N) is 2. The van der Waals surface area contributed by atoms with Crippen molar-refractivity contribution < 1.29 is 103 Å². The van der Waals surface area contributed by atoms with Crippen LogP contribution in [0.5, 0.6) is 11.5 Å². The van der Waals surface area contributed by atoms with E-state index >= 15 is 0 Å². The van der Waals surface area contributed by atoms with Crippen molar-refractivity contribution in [1.29, 1.82) is 0 Å². The third kappa shape index (κ3) is 27.5. The molecule has 37 heteroatoms. The average molecular weight is 1450 g/mol. The Hall–Kier alpha value is -10.9. The van der Waals surface area contributed by atoms with Crippen LogP contribution in [-0.4, -0.2) is 214 Å². The van der Waals surface area contributed by atoms with E-state index in [0.717, 1.165) is 0 Å². The quantitative estimate of drug-likeness (QED) is 0.0167. The Morgan fingerprint density at radius 2 is 0.951 bits per heavy atom. The molecule has 0 saturated carbocycles. The fraction of sp³-hybridized carbons (Fsp3) is 0.576. The summed E-state index contributed by atoms with van der Waals surface area (Å²) in [5.74, 6) is -14.5. The predicted molar refractivity (Wildman–Crippen MR) is 361 cm³/mol. The molecule has 3 fully saturated rings. The summed E-state index contributed by atoms with van der Waals surface area (Å²) < 4.78 is 0. The van der Waals surface area contributed by atoms with E-state index in [4.69, 9.17) is 28.7 Å². The molecule has 0 aliphatic carbocycles. The number of nitrogens with one attached hydrogen (secondary N) is 11. The van der Waals surface area contributed by atoms with Crippen LogP contribution in [0.15, 0.2) is 48.5 Å². The van der Waals surface area contributed by atoms with Crippen LogP contribution >= 0.6 is 0 Å². The first-order valence-corrected chi connectivity index (χ1v) is 34.4. The number of carboxylic acid groups (broad SMARTS) is 2. The van der Waals surface area contributed by atoms with Crippen LogP contribution in [0.25, 0.3) is 0 Å². The molecule has 103 heavy (non-hydrogen) atoms. The number of phenolic OH excluding ortho intramolecular Hbond substituents is 2. The lowest BCUT2D eigenvalue weighted by molar-refractivity contribution is -0.460. The maximum absolute atomic E-state index is 14.9. The number of hydrogen-bond acceptors (Lipinski definition) is 18. The molecule has 37 nitrogen and oxygen atoms in total. The molecule has 0 radical (unpaired) electrons. The van der Waals surface area contributed by atoms with Crippen molar-refractivity contribution >= 4 is 94.7 Å². The van der Waals surface area contributed by atoms with Gasteiger partial charge >= 0.3 is 11.9 Å². The maximum atomic E-state index is 14.9. The molecule has 0 unspecified atom stereocenters. The minimum atomic E-state index is -1.91. The lowest BCUT2D eigenvalue weighted by Gasteiger charge is -2.32. The van der Waals surface area contributed by atoms with Crippen LogP contribution in [0.1, 0.15) is 134 Å². The molecule has 26 N–H and O–H groups in total. The number of guanidine groups is 2. The molecule has 2 aromatic carbocycles. The van der Waals surface area contributed by atoms with E-state index < -0.39 is 163 Å². The van der Waals surface area contributed by atoms with E-state index in [1.165, 1.54) is 58.3 Å². The Morgan fingerprint density at radius 3 is 1.41 bits per heavy atom. The molecule has 3 heterocycles. The Balaban J connectivity index is 1.37. The lowest BCUT2D eigenvalue weighted by Crippen LogP contribution is -2.78. The van der Waals surface area contributed by atoms with Crippen molar-refractivity contribution in [2.45, 2.75) is 202 Å². The van der Waals surface area contributed by atoms with Gasteiger partial charge in [0.05, 0.1) is 38.1 Å². The lowest BCUT2D eigenvalue weighted by atomic mass is 10.00. The van der Waals surface area contributed by atoms with Gasteiger partial charge in [-0.1, -0.05) is 38.1 Å². The minimum Gasteiger partial charge on any atom is -0.550 e. The van der Waals surface area contributed by atoms with Gasteiger partial charge in [0.25, 0.3) is 0 Å². The summed E-state index contributed by atoms with van der Waals surface area (Å²) in [6, 6.07) is -4.69. The van der Waals surface area contributed by atoms with Crippen LogP contribution in [-0.2, 0) is 80.0 Å². The second-order valence-electron chi connectivity index (χ2n) is 26.2. The summed E-state index contributed by atoms with van der Waals surface area (Å²) in [4.78, 5) is 200. The van der Waals surface area contributed by atoms with Crippen molar-refractivity contribution in [3.05, 3.63) is 59.7 Å². The summed E-state index contributed by atoms with van der Waals surface area (Å²) in [6.45, 7) is 4.14. The van der Waals surface area contributed by atoms with Crippen molar-refractivity contribution in [2.75, 3.05) is 32.7 Å². The highest BCUT2D eigenvalue weighted by Crippen LogP contribution is 2.24. The molecule has 0 aromatic heterocycles. The van der Waals surface area contributed by atoms with Crippen molar-refractivity contribution in [1.82, 2.24) is 57.7 Å². The Morgan fingerprint density at radius 1 is 0.534 bits per heavy atom. The number of hydrogen-bond donors (Lipinski definition) is 19. The van der Waals surface area contributed by atoms with E-state index in [1.54, 1.807) is 13.8 Å². The smallest absolute Gasteiger partial charge is 0.338 e. The van der Waals surface area contributed by atoms with Gasteiger partial charge in [-0.3, -0.25) is 90.5 Å². The number of carbonyl (C=O) groups excluding carboxylic acids is 14. The largest absolute Gasteiger partial charge is 0.550 e. The molecular formula is C66H100N19O18+. The third-order valence-corrected chi connectivity index (χ3v) is 17.5. The topological polar surface area (TPSA) is 626 Å². The molecule has 0 bridgehead atoms. The van der Waals surface area contributed by atoms with Crippen LogP contribution in [0.2, 0.25) is 0 Å². The number of phenols is 2. The van der Waals surface area contributed by atoms with E-state index in [1.807, 2.05) is 0 Å². The average Bonchev–Trinajstić information content (AvgIpc) is 1.76. The number of aliphatic carboxylic acids is 2. The highest BCUT2D eigenvalue weighted by molar-refractivity contribution is 6.00. The van der Waals surface area contributed by atoms with Gasteiger partial charge in [-0.25, -0.2) is 0 Å². The van der Waals surface area contributed by atoms with E-state index in [0.29, 0.717) is 30.5 Å². The number of unbranched alkanes of at least 4 members (excludes halogenated alkanes) is 1. The predicted octanol–water partition coefficient (Wildman–Crippen LogP) is -12.1. The van der Waals surface area contributed by atoms with E-state index in [9.17, 15) is 87.5 Å².